The van der Waals surface area contributed by atoms with Crippen molar-refractivity contribution < 1.29 is 14.6 Å². The highest BCUT2D eigenvalue weighted by Gasteiger charge is 2.35. The van der Waals surface area contributed by atoms with Gasteiger partial charge < -0.3 is 14.6 Å². The summed E-state index contributed by atoms with van der Waals surface area (Å²) < 4.78 is 10.9. The Balaban J connectivity index is 3.11. The Bertz CT molecular complexity index is 363. The van der Waals surface area contributed by atoms with Crippen molar-refractivity contribution in [2.24, 2.45) is 5.92 Å². The van der Waals surface area contributed by atoms with Gasteiger partial charge in [-0.05, 0) is 18.4 Å². The Hall–Kier alpha value is -1.06. The molecule has 1 N–H and O–H groups in total. The summed E-state index contributed by atoms with van der Waals surface area (Å²) in [6, 6.07) is 7.64. The summed E-state index contributed by atoms with van der Waals surface area (Å²) in [5, 5.41) is 10.8. The minimum atomic E-state index is -1.01. The van der Waals surface area contributed by atoms with E-state index in [-0.39, 0.29) is 12.5 Å². The van der Waals surface area contributed by atoms with Crippen molar-refractivity contribution in [2.45, 2.75) is 32.8 Å². The molecule has 0 aliphatic rings. The third-order valence-electron chi connectivity index (χ3n) is 3.13. The van der Waals surface area contributed by atoms with Gasteiger partial charge in [-0.1, -0.05) is 39.0 Å². The zero-order chi connectivity index (χ0) is 13.6. The molecular weight excluding hydrogens is 228 g/mol. The van der Waals surface area contributed by atoms with Crippen molar-refractivity contribution in [3.8, 4) is 5.75 Å². The lowest BCUT2D eigenvalue weighted by Gasteiger charge is -2.33. The van der Waals surface area contributed by atoms with Gasteiger partial charge in [-0.25, -0.2) is 0 Å². The summed E-state index contributed by atoms with van der Waals surface area (Å²) in [4.78, 5) is 0. The van der Waals surface area contributed by atoms with Crippen LogP contribution >= 0.6 is 0 Å². The first-order chi connectivity index (χ1) is 8.56. The van der Waals surface area contributed by atoms with Gasteiger partial charge >= 0.3 is 0 Å². The fourth-order valence-electron chi connectivity index (χ4n) is 1.94. The quantitative estimate of drug-likeness (QED) is 0.811. The van der Waals surface area contributed by atoms with E-state index in [1.165, 1.54) is 0 Å². The Morgan fingerprint density at radius 1 is 1.28 bits per heavy atom. The maximum Gasteiger partial charge on any atom is 0.125 e. The van der Waals surface area contributed by atoms with Crippen LogP contribution in [0.2, 0.25) is 0 Å². The number of aliphatic hydroxyl groups is 1. The molecular formula is C15H24O3. The van der Waals surface area contributed by atoms with Gasteiger partial charge in [0.25, 0.3) is 0 Å². The summed E-state index contributed by atoms with van der Waals surface area (Å²) in [6.07, 6.45) is 0.943. The number of ether oxygens (including phenoxy) is 2. The summed E-state index contributed by atoms with van der Waals surface area (Å²) in [7, 11) is 1.60. The van der Waals surface area contributed by atoms with Crippen LogP contribution in [0.25, 0.3) is 0 Å². The van der Waals surface area contributed by atoms with E-state index in [0.717, 1.165) is 17.7 Å². The number of para-hydroxylation sites is 1. The van der Waals surface area contributed by atoms with E-state index in [1.54, 1.807) is 7.11 Å². The molecule has 0 heterocycles. The van der Waals surface area contributed by atoms with E-state index in [4.69, 9.17) is 9.47 Å². The van der Waals surface area contributed by atoms with Crippen molar-refractivity contribution in [2.75, 3.05) is 20.3 Å². The average Bonchev–Trinajstić information content (AvgIpc) is 2.36. The van der Waals surface area contributed by atoms with Crippen LogP contribution in [-0.2, 0) is 10.3 Å². The van der Waals surface area contributed by atoms with E-state index in [2.05, 4.69) is 6.92 Å². The molecule has 0 radical (unpaired) electrons. The van der Waals surface area contributed by atoms with Crippen LogP contribution < -0.4 is 4.74 Å². The largest absolute Gasteiger partial charge is 0.493 e. The lowest BCUT2D eigenvalue weighted by molar-refractivity contribution is -0.0715. The van der Waals surface area contributed by atoms with Crippen molar-refractivity contribution in [1.29, 1.82) is 0 Å². The Morgan fingerprint density at radius 2 is 1.94 bits per heavy atom. The number of methoxy groups -OCH3 is 1. The Labute approximate surface area is 110 Å². The van der Waals surface area contributed by atoms with E-state index >= 15 is 0 Å². The molecule has 0 aromatic heterocycles. The molecule has 102 valence electrons. The van der Waals surface area contributed by atoms with E-state index < -0.39 is 5.60 Å². The van der Waals surface area contributed by atoms with Crippen LogP contribution in [0.3, 0.4) is 0 Å². The lowest BCUT2D eigenvalue weighted by Crippen LogP contribution is -2.37. The van der Waals surface area contributed by atoms with Crippen molar-refractivity contribution >= 4 is 0 Å². The second kappa shape index (κ2) is 6.76. The second-order valence-corrected chi connectivity index (χ2v) is 4.86. The van der Waals surface area contributed by atoms with Crippen molar-refractivity contribution in [3.63, 3.8) is 0 Å². The Morgan fingerprint density at radius 3 is 2.50 bits per heavy atom. The predicted octanol–water partition coefficient (Wildman–Crippen LogP) is 2.97. The summed E-state index contributed by atoms with van der Waals surface area (Å²) in [5.41, 5.74) is -0.214. The SMILES string of the molecule is CCCOc1ccccc1C(O)(COC)C(C)C. The molecule has 3 heteroatoms. The van der Waals surface area contributed by atoms with Crippen molar-refractivity contribution in [1.82, 2.24) is 0 Å². The summed E-state index contributed by atoms with van der Waals surface area (Å²) in [5.74, 6) is 0.788. The van der Waals surface area contributed by atoms with Crippen LogP contribution in [-0.4, -0.2) is 25.4 Å². The van der Waals surface area contributed by atoms with Crippen molar-refractivity contribution in [3.05, 3.63) is 29.8 Å². The van der Waals surface area contributed by atoms with Crippen LogP contribution in [0.15, 0.2) is 24.3 Å². The molecule has 0 spiro atoms. The first-order valence-electron chi connectivity index (χ1n) is 6.49. The van der Waals surface area contributed by atoms with Gasteiger partial charge in [-0.15, -0.1) is 0 Å². The molecule has 0 bridgehead atoms. The smallest absolute Gasteiger partial charge is 0.125 e. The monoisotopic (exact) mass is 252 g/mol. The highest BCUT2D eigenvalue weighted by Crippen LogP contribution is 2.36. The van der Waals surface area contributed by atoms with Gasteiger partial charge in [-0.2, -0.15) is 0 Å². The van der Waals surface area contributed by atoms with Gasteiger partial charge in [0.1, 0.15) is 11.4 Å². The molecule has 0 aliphatic carbocycles. The first kappa shape index (κ1) is 15.0. The zero-order valence-electron chi connectivity index (χ0n) is 11.8. The fraction of sp³-hybridized carbons (Fsp3) is 0.600. The molecule has 0 aliphatic heterocycles. The zero-order valence-corrected chi connectivity index (χ0v) is 11.8. The minimum absolute atomic E-state index is 0.0452. The molecule has 1 rings (SSSR count). The highest BCUT2D eigenvalue weighted by molar-refractivity contribution is 5.38. The summed E-state index contributed by atoms with van der Waals surface area (Å²) in [6.45, 7) is 6.94. The normalized spacial score (nSPS) is 14.6. The van der Waals surface area contributed by atoms with Crippen LogP contribution in [0.5, 0.6) is 5.75 Å². The predicted molar refractivity (Wildman–Crippen MR) is 72.8 cm³/mol. The number of hydrogen-bond donors (Lipinski definition) is 1. The maximum atomic E-state index is 10.8. The maximum absolute atomic E-state index is 10.8. The molecule has 0 fully saturated rings. The molecule has 1 atom stereocenters. The average molecular weight is 252 g/mol. The molecule has 3 nitrogen and oxygen atoms in total. The highest BCUT2D eigenvalue weighted by atomic mass is 16.5. The van der Waals surface area contributed by atoms with E-state index in [0.29, 0.717) is 6.61 Å². The fourth-order valence-corrected chi connectivity index (χ4v) is 1.94. The molecule has 0 amide bonds. The topological polar surface area (TPSA) is 38.7 Å². The van der Waals surface area contributed by atoms with Crippen LogP contribution in [0.1, 0.15) is 32.8 Å². The molecule has 0 saturated heterocycles. The van der Waals surface area contributed by atoms with E-state index in [1.807, 2.05) is 38.1 Å². The molecule has 1 unspecified atom stereocenters. The molecule has 0 saturated carbocycles. The number of rotatable bonds is 7. The van der Waals surface area contributed by atoms with Gasteiger partial charge in [-0.3, -0.25) is 0 Å². The molecule has 1 aromatic rings. The standard InChI is InChI=1S/C15H24O3/c1-5-10-18-14-9-7-6-8-13(14)15(16,11-17-4)12(2)3/h6-9,12,16H,5,10-11H2,1-4H3. The van der Waals surface area contributed by atoms with Crippen LogP contribution in [0, 0.1) is 5.92 Å². The number of benzene rings is 1. The van der Waals surface area contributed by atoms with Gasteiger partial charge in [0.2, 0.25) is 0 Å². The van der Waals surface area contributed by atoms with Gasteiger partial charge in [0.05, 0.1) is 13.2 Å². The van der Waals surface area contributed by atoms with Gasteiger partial charge in [0.15, 0.2) is 0 Å². The Kier molecular flexibility index (Phi) is 5.63. The molecule has 1 aromatic carbocycles. The lowest BCUT2D eigenvalue weighted by atomic mass is 9.83. The van der Waals surface area contributed by atoms with Crippen LogP contribution in [0.4, 0.5) is 0 Å². The molecule has 18 heavy (non-hydrogen) atoms. The number of hydrogen-bond acceptors (Lipinski definition) is 3. The second-order valence-electron chi connectivity index (χ2n) is 4.86. The minimum Gasteiger partial charge on any atom is -0.493 e. The van der Waals surface area contributed by atoms with Gasteiger partial charge in [0, 0.05) is 12.7 Å². The summed E-state index contributed by atoms with van der Waals surface area (Å²) >= 11 is 0. The first-order valence-corrected chi connectivity index (χ1v) is 6.49. The third-order valence-corrected chi connectivity index (χ3v) is 3.13. The third kappa shape index (κ3) is 3.24. The van der Waals surface area contributed by atoms with E-state index in [9.17, 15) is 5.11 Å².